The second kappa shape index (κ2) is 7.24. The van der Waals surface area contributed by atoms with E-state index in [2.05, 4.69) is 5.32 Å². The summed E-state index contributed by atoms with van der Waals surface area (Å²) in [7, 11) is 3.27. The number of rotatable bonds is 7. The predicted molar refractivity (Wildman–Crippen MR) is 73.2 cm³/mol. The van der Waals surface area contributed by atoms with Crippen LogP contribution in [0.15, 0.2) is 18.2 Å². The van der Waals surface area contributed by atoms with Gasteiger partial charge in [-0.05, 0) is 44.5 Å². The smallest absolute Gasteiger partial charge is 0.176 e. The Morgan fingerprint density at radius 2 is 1.89 bits per heavy atom. The van der Waals surface area contributed by atoms with Gasteiger partial charge in [0.25, 0.3) is 0 Å². The first kappa shape index (κ1) is 14.8. The lowest BCUT2D eigenvalue weighted by Gasteiger charge is -2.24. The summed E-state index contributed by atoms with van der Waals surface area (Å²) in [5, 5.41) is 3.38. The minimum absolute atomic E-state index is 0.0663. The summed E-state index contributed by atoms with van der Waals surface area (Å²) in [5.74, 6) is 0.892. The molecule has 1 N–H and O–H groups in total. The van der Waals surface area contributed by atoms with Crippen molar-refractivity contribution in [2.45, 2.75) is 33.1 Å². The summed E-state index contributed by atoms with van der Waals surface area (Å²) < 4.78 is 15.9. The third-order valence-electron chi connectivity index (χ3n) is 2.76. The summed E-state index contributed by atoms with van der Waals surface area (Å²) in [6.07, 6.45) is -0.268. The quantitative estimate of drug-likeness (QED) is 0.758. The molecule has 0 heterocycles. The van der Waals surface area contributed by atoms with Crippen molar-refractivity contribution in [3.63, 3.8) is 0 Å². The van der Waals surface area contributed by atoms with E-state index in [-0.39, 0.29) is 12.3 Å². The van der Waals surface area contributed by atoms with Crippen LogP contribution in [0.2, 0.25) is 0 Å². The van der Waals surface area contributed by atoms with E-state index in [1.807, 2.05) is 39.0 Å². The van der Waals surface area contributed by atoms with Crippen molar-refractivity contribution in [3.8, 4) is 5.75 Å². The topological polar surface area (TPSA) is 39.7 Å². The highest BCUT2D eigenvalue weighted by atomic mass is 16.7. The molecule has 18 heavy (non-hydrogen) atoms. The molecule has 1 atom stereocenters. The van der Waals surface area contributed by atoms with Gasteiger partial charge in [-0.3, -0.25) is 0 Å². The normalized spacial score (nSPS) is 12.6. The van der Waals surface area contributed by atoms with E-state index in [0.29, 0.717) is 6.61 Å². The number of benzene rings is 1. The van der Waals surface area contributed by atoms with Gasteiger partial charge in [-0.2, -0.15) is 0 Å². The minimum Gasteiger partial charge on any atom is -0.494 e. The number of aryl methyl sites for hydroxylation is 1. The Labute approximate surface area is 109 Å². The fourth-order valence-electron chi connectivity index (χ4n) is 1.87. The lowest BCUT2D eigenvalue weighted by atomic mass is 10.1. The lowest BCUT2D eigenvalue weighted by Crippen LogP contribution is -2.33. The first-order valence-electron chi connectivity index (χ1n) is 6.18. The van der Waals surface area contributed by atoms with Gasteiger partial charge in [-0.1, -0.05) is 0 Å². The van der Waals surface area contributed by atoms with Crippen LogP contribution in [-0.2, 0) is 9.47 Å². The van der Waals surface area contributed by atoms with Gasteiger partial charge in [-0.25, -0.2) is 0 Å². The second-order valence-electron chi connectivity index (χ2n) is 4.18. The Hall–Kier alpha value is -1.26. The van der Waals surface area contributed by atoms with Gasteiger partial charge in [-0.15, -0.1) is 0 Å². The molecule has 1 aromatic carbocycles. The van der Waals surface area contributed by atoms with Crippen LogP contribution in [0, 0.1) is 6.92 Å². The monoisotopic (exact) mass is 253 g/mol. The fourth-order valence-corrected chi connectivity index (χ4v) is 1.87. The van der Waals surface area contributed by atoms with Crippen molar-refractivity contribution in [1.82, 2.24) is 0 Å². The molecular weight excluding hydrogens is 230 g/mol. The molecule has 0 spiro atoms. The van der Waals surface area contributed by atoms with E-state index in [4.69, 9.17) is 14.2 Å². The molecule has 0 fully saturated rings. The molecule has 1 aromatic rings. The standard InChI is InChI=1S/C14H23NO3/c1-6-18-12-7-8-13(10(2)9-12)15-11(3)14(16-4)17-5/h7-9,11,14-15H,6H2,1-5H3. The lowest BCUT2D eigenvalue weighted by molar-refractivity contribution is -0.109. The van der Waals surface area contributed by atoms with Gasteiger partial charge in [0.2, 0.25) is 0 Å². The van der Waals surface area contributed by atoms with Crippen molar-refractivity contribution >= 4 is 5.69 Å². The highest BCUT2D eigenvalue weighted by molar-refractivity contribution is 5.54. The number of anilines is 1. The molecule has 102 valence electrons. The summed E-state index contributed by atoms with van der Waals surface area (Å²) in [6.45, 7) is 6.73. The molecular formula is C14H23NO3. The van der Waals surface area contributed by atoms with E-state index < -0.39 is 0 Å². The van der Waals surface area contributed by atoms with E-state index in [1.165, 1.54) is 0 Å². The number of ether oxygens (including phenoxy) is 3. The Morgan fingerprint density at radius 3 is 2.39 bits per heavy atom. The number of methoxy groups -OCH3 is 2. The Balaban J connectivity index is 2.72. The molecule has 0 amide bonds. The van der Waals surface area contributed by atoms with Crippen LogP contribution >= 0.6 is 0 Å². The molecule has 1 rings (SSSR count). The Bertz CT molecular complexity index is 364. The molecule has 0 saturated heterocycles. The summed E-state index contributed by atoms with van der Waals surface area (Å²) >= 11 is 0. The zero-order chi connectivity index (χ0) is 13.5. The Kier molecular flexibility index (Phi) is 5.95. The number of nitrogens with one attached hydrogen (secondary N) is 1. The van der Waals surface area contributed by atoms with Crippen LogP contribution in [-0.4, -0.2) is 33.2 Å². The average Bonchev–Trinajstić information content (AvgIpc) is 2.34. The van der Waals surface area contributed by atoms with E-state index in [9.17, 15) is 0 Å². The molecule has 1 unspecified atom stereocenters. The molecule has 0 aliphatic rings. The molecule has 0 bridgehead atoms. The van der Waals surface area contributed by atoms with Crippen molar-refractivity contribution in [1.29, 1.82) is 0 Å². The van der Waals surface area contributed by atoms with Crippen LogP contribution < -0.4 is 10.1 Å². The maximum Gasteiger partial charge on any atom is 0.176 e. The van der Waals surface area contributed by atoms with Crippen LogP contribution in [0.4, 0.5) is 5.69 Å². The van der Waals surface area contributed by atoms with Gasteiger partial charge in [0.15, 0.2) is 6.29 Å². The molecule has 0 saturated carbocycles. The highest BCUT2D eigenvalue weighted by Gasteiger charge is 2.16. The SMILES string of the molecule is CCOc1ccc(NC(C)C(OC)OC)c(C)c1. The molecule has 4 nitrogen and oxygen atoms in total. The first-order valence-corrected chi connectivity index (χ1v) is 6.18. The maximum absolute atomic E-state index is 5.46. The third kappa shape index (κ3) is 3.89. The summed E-state index contributed by atoms with van der Waals surface area (Å²) in [6, 6.07) is 6.06. The first-order chi connectivity index (χ1) is 8.62. The second-order valence-corrected chi connectivity index (χ2v) is 4.18. The third-order valence-corrected chi connectivity index (χ3v) is 2.76. The fraction of sp³-hybridized carbons (Fsp3) is 0.571. The average molecular weight is 253 g/mol. The van der Waals surface area contributed by atoms with Crippen LogP contribution in [0.25, 0.3) is 0 Å². The van der Waals surface area contributed by atoms with Gasteiger partial charge < -0.3 is 19.5 Å². The van der Waals surface area contributed by atoms with E-state index in [1.54, 1.807) is 14.2 Å². The summed E-state index contributed by atoms with van der Waals surface area (Å²) in [4.78, 5) is 0. The van der Waals surface area contributed by atoms with Crippen molar-refractivity contribution in [3.05, 3.63) is 23.8 Å². The zero-order valence-electron chi connectivity index (χ0n) is 11.8. The minimum atomic E-state index is -0.268. The van der Waals surface area contributed by atoms with Crippen LogP contribution in [0.3, 0.4) is 0 Å². The summed E-state index contributed by atoms with van der Waals surface area (Å²) in [5.41, 5.74) is 2.20. The van der Waals surface area contributed by atoms with Crippen molar-refractivity contribution < 1.29 is 14.2 Å². The largest absolute Gasteiger partial charge is 0.494 e. The maximum atomic E-state index is 5.46. The predicted octanol–water partition coefficient (Wildman–Crippen LogP) is 2.81. The van der Waals surface area contributed by atoms with Gasteiger partial charge in [0.1, 0.15) is 5.75 Å². The number of hydrogen-bond acceptors (Lipinski definition) is 4. The molecule has 0 radical (unpaired) electrons. The van der Waals surface area contributed by atoms with Crippen molar-refractivity contribution in [2.24, 2.45) is 0 Å². The van der Waals surface area contributed by atoms with Gasteiger partial charge in [0, 0.05) is 19.9 Å². The molecule has 0 aliphatic heterocycles. The Morgan fingerprint density at radius 1 is 1.22 bits per heavy atom. The van der Waals surface area contributed by atoms with Crippen LogP contribution in [0.5, 0.6) is 5.75 Å². The molecule has 4 heteroatoms. The zero-order valence-corrected chi connectivity index (χ0v) is 11.8. The van der Waals surface area contributed by atoms with Crippen molar-refractivity contribution in [2.75, 3.05) is 26.1 Å². The van der Waals surface area contributed by atoms with Gasteiger partial charge >= 0.3 is 0 Å². The highest BCUT2D eigenvalue weighted by Crippen LogP contribution is 2.22. The van der Waals surface area contributed by atoms with Gasteiger partial charge in [0.05, 0.1) is 12.6 Å². The van der Waals surface area contributed by atoms with E-state index in [0.717, 1.165) is 17.0 Å². The number of hydrogen-bond donors (Lipinski definition) is 1. The molecule has 0 aliphatic carbocycles. The van der Waals surface area contributed by atoms with Crippen LogP contribution in [0.1, 0.15) is 19.4 Å². The van der Waals surface area contributed by atoms with E-state index >= 15 is 0 Å². The molecule has 0 aromatic heterocycles.